The van der Waals surface area contributed by atoms with Crippen LogP contribution in [0.1, 0.15) is 25.3 Å². The lowest BCUT2D eigenvalue weighted by Gasteiger charge is -2.09. The number of phenolic OH excluding ortho intramolecular Hbond substituents is 1. The maximum absolute atomic E-state index is 12.5. The zero-order valence-corrected chi connectivity index (χ0v) is 16.1. The summed E-state index contributed by atoms with van der Waals surface area (Å²) in [6, 6.07) is 11.5. The van der Waals surface area contributed by atoms with E-state index in [1.807, 2.05) is 6.20 Å². The van der Waals surface area contributed by atoms with Crippen LogP contribution < -0.4 is 9.46 Å². The molecule has 0 bridgehead atoms. The van der Waals surface area contributed by atoms with Gasteiger partial charge in [0.1, 0.15) is 11.5 Å². The summed E-state index contributed by atoms with van der Waals surface area (Å²) in [7, 11) is -3.58. The van der Waals surface area contributed by atoms with Crippen LogP contribution in [0.25, 0.3) is 10.9 Å². The van der Waals surface area contributed by atoms with Crippen LogP contribution >= 0.6 is 0 Å². The molecule has 0 fully saturated rings. The number of sulfonamides is 1. The number of unbranched alkanes of at least 4 members (excludes halogenated alkanes) is 1. The first-order chi connectivity index (χ1) is 13.0. The van der Waals surface area contributed by atoms with E-state index in [4.69, 9.17) is 4.74 Å². The van der Waals surface area contributed by atoms with Gasteiger partial charge in [0.05, 0.1) is 11.5 Å². The van der Waals surface area contributed by atoms with Gasteiger partial charge in [0, 0.05) is 23.6 Å². The Kier molecular flexibility index (Phi) is 6.03. The average Bonchev–Trinajstić information content (AvgIpc) is 3.04. The van der Waals surface area contributed by atoms with E-state index < -0.39 is 10.0 Å². The highest BCUT2D eigenvalue weighted by Gasteiger charge is 2.14. The molecule has 1 aromatic heterocycles. The number of H-pyrrole nitrogens is 1. The molecule has 1 heterocycles. The maximum atomic E-state index is 12.5. The van der Waals surface area contributed by atoms with Gasteiger partial charge in [-0.1, -0.05) is 13.3 Å². The van der Waals surface area contributed by atoms with Crippen molar-refractivity contribution in [2.24, 2.45) is 0 Å². The lowest BCUT2D eigenvalue weighted by Crippen LogP contribution is -2.25. The largest absolute Gasteiger partial charge is 0.508 e. The van der Waals surface area contributed by atoms with Crippen LogP contribution in [0.5, 0.6) is 11.5 Å². The number of fused-ring (bicyclic) bond motifs is 1. The second kappa shape index (κ2) is 8.45. The molecule has 3 N–H and O–H groups in total. The fourth-order valence-corrected chi connectivity index (χ4v) is 3.86. The minimum atomic E-state index is -3.58. The molecule has 0 amide bonds. The van der Waals surface area contributed by atoms with Gasteiger partial charge in [0.15, 0.2) is 0 Å². The minimum Gasteiger partial charge on any atom is -0.508 e. The normalized spacial score (nSPS) is 11.7. The standard InChI is InChI=1S/C20H24N2O4S/c1-2-3-12-26-17-5-7-18(8-6-17)27(24,25)22-11-10-15-14-21-20-9-4-16(23)13-19(15)20/h4-9,13-14,21-23H,2-3,10-12H2,1H3. The predicted octanol–water partition coefficient (Wildman–Crippen LogP) is 3.57. The molecule has 0 saturated carbocycles. The minimum absolute atomic E-state index is 0.185. The zero-order valence-electron chi connectivity index (χ0n) is 15.2. The average molecular weight is 388 g/mol. The first kappa shape index (κ1) is 19.3. The van der Waals surface area contributed by atoms with Crippen LogP contribution in [-0.4, -0.2) is 31.7 Å². The van der Waals surface area contributed by atoms with Gasteiger partial charge >= 0.3 is 0 Å². The van der Waals surface area contributed by atoms with Crippen molar-refractivity contribution in [2.75, 3.05) is 13.2 Å². The highest BCUT2D eigenvalue weighted by atomic mass is 32.2. The summed E-state index contributed by atoms with van der Waals surface area (Å²) in [6.07, 6.45) is 4.36. The Morgan fingerprint density at radius 1 is 1.15 bits per heavy atom. The topological polar surface area (TPSA) is 91.4 Å². The molecule has 0 aliphatic heterocycles. The monoisotopic (exact) mass is 388 g/mol. The van der Waals surface area contributed by atoms with Crippen molar-refractivity contribution in [1.82, 2.24) is 9.71 Å². The quantitative estimate of drug-likeness (QED) is 0.489. The molecular formula is C20H24N2O4S. The van der Waals surface area contributed by atoms with Crippen LogP contribution in [0.15, 0.2) is 53.6 Å². The fraction of sp³-hybridized carbons (Fsp3) is 0.300. The summed E-state index contributed by atoms with van der Waals surface area (Å²) in [6.45, 7) is 2.98. The van der Waals surface area contributed by atoms with Gasteiger partial charge < -0.3 is 14.8 Å². The molecule has 0 unspecified atom stereocenters. The number of rotatable bonds is 9. The van der Waals surface area contributed by atoms with E-state index in [0.717, 1.165) is 29.3 Å². The fourth-order valence-electron chi connectivity index (χ4n) is 2.83. The van der Waals surface area contributed by atoms with Gasteiger partial charge in [0.2, 0.25) is 10.0 Å². The first-order valence-electron chi connectivity index (χ1n) is 9.01. The van der Waals surface area contributed by atoms with Crippen molar-refractivity contribution in [2.45, 2.75) is 31.1 Å². The number of ether oxygens (including phenoxy) is 1. The van der Waals surface area contributed by atoms with Crippen molar-refractivity contribution < 1.29 is 18.3 Å². The Labute approximate surface area is 159 Å². The molecule has 7 heteroatoms. The molecule has 0 spiro atoms. The van der Waals surface area contributed by atoms with Gasteiger partial charge in [0.25, 0.3) is 0 Å². The highest BCUT2D eigenvalue weighted by molar-refractivity contribution is 7.89. The Morgan fingerprint density at radius 3 is 2.67 bits per heavy atom. The predicted molar refractivity (Wildman–Crippen MR) is 106 cm³/mol. The van der Waals surface area contributed by atoms with Gasteiger partial charge in [-0.15, -0.1) is 0 Å². The molecule has 6 nitrogen and oxygen atoms in total. The maximum Gasteiger partial charge on any atom is 0.240 e. The smallest absolute Gasteiger partial charge is 0.240 e. The third-order valence-electron chi connectivity index (χ3n) is 4.34. The number of nitrogens with one attached hydrogen (secondary N) is 2. The molecule has 0 atom stereocenters. The van der Waals surface area contributed by atoms with E-state index >= 15 is 0 Å². The number of aromatic amines is 1. The van der Waals surface area contributed by atoms with Crippen LogP contribution in [0.4, 0.5) is 0 Å². The van der Waals surface area contributed by atoms with E-state index in [-0.39, 0.29) is 17.2 Å². The van der Waals surface area contributed by atoms with Gasteiger partial charge in [-0.2, -0.15) is 0 Å². The summed E-state index contributed by atoms with van der Waals surface area (Å²) in [5.74, 6) is 0.853. The second-order valence-electron chi connectivity index (χ2n) is 6.36. The molecular weight excluding hydrogens is 364 g/mol. The number of hydrogen-bond acceptors (Lipinski definition) is 4. The molecule has 0 aliphatic rings. The second-order valence-corrected chi connectivity index (χ2v) is 8.13. The van der Waals surface area contributed by atoms with Gasteiger partial charge in [-0.25, -0.2) is 13.1 Å². The Balaban J connectivity index is 1.60. The molecule has 0 saturated heterocycles. The Morgan fingerprint density at radius 2 is 1.93 bits per heavy atom. The number of aromatic nitrogens is 1. The third-order valence-corrected chi connectivity index (χ3v) is 5.82. The molecule has 3 rings (SSSR count). The third kappa shape index (κ3) is 4.81. The highest BCUT2D eigenvalue weighted by Crippen LogP contribution is 2.23. The summed E-state index contributed by atoms with van der Waals surface area (Å²) >= 11 is 0. The molecule has 144 valence electrons. The molecule has 27 heavy (non-hydrogen) atoms. The summed E-state index contributed by atoms with van der Waals surface area (Å²) in [4.78, 5) is 3.33. The van der Waals surface area contributed by atoms with E-state index in [1.54, 1.807) is 42.5 Å². The van der Waals surface area contributed by atoms with Gasteiger partial charge in [-0.3, -0.25) is 0 Å². The van der Waals surface area contributed by atoms with E-state index in [0.29, 0.717) is 18.8 Å². The van der Waals surface area contributed by atoms with Crippen molar-refractivity contribution >= 4 is 20.9 Å². The molecule has 3 aromatic rings. The first-order valence-corrected chi connectivity index (χ1v) is 10.5. The number of benzene rings is 2. The number of phenols is 1. The van der Waals surface area contributed by atoms with Crippen LogP contribution in [0.3, 0.4) is 0 Å². The van der Waals surface area contributed by atoms with Crippen molar-refractivity contribution in [3.05, 3.63) is 54.2 Å². The molecule has 2 aromatic carbocycles. The van der Waals surface area contributed by atoms with E-state index in [9.17, 15) is 13.5 Å². The zero-order chi connectivity index (χ0) is 19.3. The van der Waals surface area contributed by atoms with E-state index in [2.05, 4.69) is 16.6 Å². The van der Waals surface area contributed by atoms with Crippen LogP contribution in [-0.2, 0) is 16.4 Å². The van der Waals surface area contributed by atoms with E-state index in [1.165, 1.54) is 0 Å². The molecule has 0 aliphatic carbocycles. The summed E-state index contributed by atoms with van der Waals surface area (Å²) in [5.41, 5.74) is 1.85. The molecule has 0 radical (unpaired) electrons. The Bertz CT molecular complexity index is 994. The van der Waals surface area contributed by atoms with Crippen molar-refractivity contribution in [1.29, 1.82) is 0 Å². The number of aromatic hydroxyl groups is 1. The van der Waals surface area contributed by atoms with Crippen LogP contribution in [0, 0.1) is 0 Å². The number of hydrogen-bond donors (Lipinski definition) is 3. The van der Waals surface area contributed by atoms with Gasteiger partial charge in [-0.05, 0) is 60.9 Å². The lowest BCUT2D eigenvalue weighted by molar-refractivity contribution is 0.309. The van der Waals surface area contributed by atoms with Crippen LogP contribution in [0.2, 0.25) is 0 Å². The Hall–Kier alpha value is -2.51. The van der Waals surface area contributed by atoms with Crippen molar-refractivity contribution in [3.8, 4) is 11.5 Å². The summed E-state index contributed by atoms with van der Waals surface area (Å²) in [5, 5.41) is 10.5. The van der Waals surface area contributed by atoms with Crippen molar-refractivity contribution in [3.63, 3.8) is 0 Å². The summed E-state index contributed by atoms with van der Waals surface area (Å²) < 4.78 is 33.1. The SMILES string of the molecule is CCCCOc1ccc(S(=O)(=O)NCCc2c[nH]c3ccc(O)cc23)cc1. The lowest BCUT2D eigenvalue weighted by atomic mass is 10.1.